The third kappa shape index (κ3) is 3.15. The van der Waals surface area contributed by atoms with E-state index in [1.54, 1.807) is 31.4 Å². The molecule has 0 atom stereocenters. The van der Waals surface area contributed by atoms with Crippen LogP contribution in [-0.2, 0) is 0 Å². The molecular formula is C14H11Cl2NO3. The molecular weight excluding hydrogens is 301 g/mol. The van der Waals surface area contributed by atoms with E-state index in [0.717, 1.165) is 0 Å². The first-order valence-electron chi connectivity index (χ1n) is 5.64. The van der Waals surface area contributed by atoms with Gasteiger partial charge in [-0.3, -0.25) is 4.79 Å². The molecule has 2 aromatic rings. The summed E-state index contributed by atoms with van der Waals surface area (Å²) < 4.78 is 5.02. The Kier molecular flexibility index (Phi) is 4.37. The highest BCUT2D eigenvalue weighted by Crippen LogP contribution is 2.34. The predicted octanol–water partition coefficient (Wildman–Crippen LogP) is 3.96. The van der Waals surface area contributed by atoms with E-state index in [9.17, 15) is 9.90 Å². The largest absolute Gasteiger partial charge is 0.505 e. The highest BCUT2D eigenvalue weighted by atomic mass is 35.5. The lowest BCUT2D eigenvalue weighted by Crippen LogP contribution is -2.11. The Morgan fingerprint density at radius 2 is 1.70 bits per heavy atom. The van der Waals surface area contributed by atoms with Gasteiger partial charge < -0.3 is 15.2 Å². The molecule has 0 aliphatic carbocycles. The number of rotatable bonds is 3. The van der Waals surface area contributed by atoms with Crippen molar-refractivity contribution in [1.29, 1.82) is 0 Å². The molecule has 6 heteroatoms. The van der Waals surface area contributed by atoms with E-state index in [1.807, 2.05) is 0 Å². The number of carbonyl (C=O) groups is 1. The summed E-state index contributed by atoms with van der Waals surface area (Å²) in [5, 5.41) is 12.2. The molecule has 0 bridgehead atoms. The molecule has 0 spiro atoms. The van der Waals surface area contributed by atoms with E-state index in [1.165, 1.54) is 12.1 Å². The molecule has 0 heterocycles. The first-order valence-corrected chi connectivity index (χ1v) is 6.40. The molecule has 1 amide bonds. The molecule has 4 nitrogen and oxygen atoms in total. The normalized spacial score (nSPS) is 10.2. The van der Waals surface area contributed by atoms with Crippen molar-refractivity contribution >= 4 is 34.8 Å². The summed E-state index contributed by atoms with van der Waals surface area (Å²) in [6.45, 7) is 0. The summed E-state index contributed by atoms with van der Waals surface area (Å²) in [6, 6.07) is 9.49. The Hall–Kier alpha value is -1.91. The Morgan fingerprint density at radius 1 is 1.15 bits per heavy atom. The van der Waals surface area contributed by atoms with Gasteiger partial charge in [0.25, 0.3) is 5.91 Å². The number of aromatic hydroxyl groups is 1. The highest BCUT2D eigenvalue weighted by molar-refractivity contribution is 6.37. The van der Waals surface area contributed by atoms with Gasteiger partial charge >= 0.3 is 0 Å². The Bertz CT molecular complexity index is 618. The van der Waals surface area contributed by atoms with Crippen molar-refractivity contribution < 1.29 is 14.6 Å². The molecule has 0 radical (unpaired) electrons. The third-order valence-electron chi connectivity index (χ3n) is 2.63. The van der Waals surface area contributed by atoms with E-state index in [2.05, 4.69) is 5.32 Å². The zero-order valence-corrected chi connectivity index (χ0v) is 12.0. The zero-order chi connectivity index (χ0) is 14.7. The molecule has 0 saturated carbocycles. The molecule has 2 aromatic carbocycles. The van der Waals surface area contributed by atoms with E-state index >= 15 is 0 Å². The quantitative estimate of drug-likeness (QED) is 0.843. The van der Waals surface area contributed by atoms with E-state index < -0.39 is 0 Å². The fourth-order valence-electron chi connectivity index (χ4n) is 1.58. The lowest BCUT2D eigenvalue weighted by atomic mass is 10.2. The summed E-state index contributed by atoms with van der Waals surface area (Å²) >= 11 is 11.6. The third-order valence-corrected chi connectivity index (χ3v) is 3.20. The molecule has 0 saturated heterocycles. The van der Waals surface area contributed by atoms with Crippen LogP contribution in [0, 0.1) is 0 Å². The second-order valence-corrected chi connectivity index (χ2v) is 4.79. The molecule has 20 heavy (non-hydrogen) atoms. The van der Waals surface area contributed by atoms with Gasteiger partial charge in [-0.15, -0.1) is 0 Å². The smallest absolute Gasteiger partial charge is 0.255 e. The number of nitrogens with one attached hydrogen (secondary N) is 1. The van der Waals surface area contributed by atoms with Crippen LogP contribution >= 0.6 is 23.2 Å². The minimum Gasteiger partial charge on any atom is -0.505 e. The van der Waals surface area contributed by atoms with Crippen LogP contribution in [0.25, 0.3) is 0 Å². The number of phenolic OH excluding ortho intramolecular Hbond substituents is 1. The second kappa shape index (κ2) is 6.03. The van der Waals surface area contributed by atoms with Crippen LogP contribution in [0.5, 0.6) is 11.5 Å². The van der Waals surface area contributed by atoms with E-state index in [-0.39, 0.29) is 21.7 Å². The minimum atomic E-state index is -0.314. The van der Waals surface area contributed by atoms with Crippen LogP contribution in [0.2, 0.25) is 10.0 Å². The molecule has 0 fully saturated rings. The molecule has 2 N–H and O–H groups in total. The average molecular weight is 312 g/mol. The number of halogens is 2. The summed E-state index contributed by atoms with van der Waals surface area (Å²) in [5.41, 5.74) is 0.865. The standard InChI is InChI=1S/C14H11Cl2NO3/c1-20-10-4-2-8(3-5-10)14(19)17-9-6-11(15)13(18)12(16)7-9/h2-7,18H,1H3,(H,17,19). The second-order valence-electron chi connectivity index (χ2n) is 3.97. The summed E-state index contributed by atoms with van der Waals surface area (Å²) in [4.78, 5) is 12.0. The monoisotopic (exact) mass is 311 g/mol. The maximum atomic E-state index is 12.0. The van der Waals surface area contributed by atoms with Crippen LogP contribution in [0.3, 0.4) is 0 Å². The summed E-state index contributed by atoms with van der Waals surface area (Å²) in [7, 11) is 1.55. The van der Waals surface area contributed by atoms with Crippen molar-refractivity contribution in [3.8, 4) is 11.5 Å². The van der Waals surface area contributed by atoms with Crippen LogP contribution in [0.1, 0.15) is 10.4 Å². The number of methoxy groups -OCH3 is 1. The lowest BCUT2D eigenvalue weighted by molar-refractivity contribution is 0.102. The van der Waals surface area contributed by atoms with Crippen molar-refractivity contribution in [1.82, 2.24) is 0 Å². The topological polar surface area (TPSA) is 58.6 Å². The Balaban J connectivity index is 2.18. The number of hydrogen-bond donors (Lipinski definition) is 2. The van der Waals surface area contributed by atoms with Crippen molar-refractivity contribution in [2.75, 3.05) is 12.4 Å². The predicted molar refractivity (Wildman–Crippen MR) is 79.1 cm³/mol. The fraction of sp³-hybridized carbons (Fsp3) is 0.0714. The maximum absolute atomic E-state index is 12.0. The molecule has 0 aromatic heterocycles. The van der Waals surface area contributed by atoms with Gasteiger partial charge in [0.2, 0.25) is 0 Å². The highest BCUT2D eigenvalue weighted by Gasteiger charge is 2.10. The van der Waals surface area contributed by atoms with Crippen LogP contribution in [0.15, 0.2) is 36.4 Å². The van der Waals surface area contributed by atoms with Gasteiger partial charge in [-0.05, 0) is 36.4 Å². The number of hydrogen-bond acceptors (Lipinski definition) is 3. The van der Waals surface area contributed by atoms with Gasteiger partial charge in [0.1, 0.15) is 5.75 Å². The molecule has 0 unspecified atom stereocenters. The van der Waals surface area contributed by atoms with E-state index in [4.69, 9.17) is 27.9 Å². The number of phenols is 1. The van der Waals surface area contributed by atoms with Crippen LogP contribution in [0.4, 0.5) is 5.69 Å². The maximum Gasteiger partial charge on any atom is 0.255 e. The summed E-state index contributed by atoms with van der Waals surface area (Å²) in [6.07, 6.45) is 0. The average Bonchev–Trinajstić information content (AvgIpc) is 2.44. The number of ether oxygens (including phenoxy) is 1. The number of carbonyl (C=O) groups excluding carboxylic acids is 1. The van der Waals surface area contributed by atoms with Gasteiger partial charge in [-0.2, -0.15) is 0 Å². The van der Waals surface area contributed by atoms with Gasteiger partial charge in [0.05, 0.1) is 17.2 Å². The number of benzene rings is 2. The van der Waals surface area contributed by atoms with Crippen LogP contribution < -0.4 is 10.1 Å². The lowest BCUT2D eigenvalue weighted by Gasteiger charge is -2.08. The van der Waals surface area contributed by atoms with Crippen molar-refractivity contribution in [2.45, 2.75) is 0 Å². The Morgan fingerprint density at radius 3 is 2.20 bits per heavy atom. The SMILES string of the molecule is COc1ccc(C(=O)Nc2cc(Cl)c(O)c(Cl)c2)cc1. The fourth-order valence-corrected chi connectivity index (χ4v) is 2.07. The molecule has 0 aliphatic rings. The van der Waals surface area contributed by atoms with Gasteiger partial charge in [-0.1, -0.05) is 23.2 Å². The van der Waals surface area contributed by atoms with Crippen LogP contribution in [-0.4, -0.2) is 18.1 Å². The van der Waals surface area contributed by atoms with E-state index in [0.29, 0.717) is 17.0 Å². The Labute approximate surface area is 125 Å². The van der Waals surface area contributed by atoms with Crippen molar-refractivity contribution in [2.24, 2.45) is 0 Å². The number of anilines is 1. The van der Waals surface area contributed by atoms with Gasteiger partial charge in [-0.25, -0.2) is 0 Å². The minimum absolute atomic E-state index is 0.0718. The van der Waals surface area contributed by atoms with Crippen molar-refractivity contribution in [3.63, 3.8) is 0 Å². The first-order chi connectivity index (χ1) is 9.51. The van der Waals surface area contributed by atoms with Gasteiger partial charge in [0, 0.05) is 11.3 Å². The molecule has 0 aliphatic heterocycles. The molecule has 104 valence electrons. The van der Waals surface area contributed by atoms with Crippen molar-refractivity contribution in [3.05, 3.63) is 52.0 Å². The summed E-state index contributed by atoms with van der Waals surface area (Å²) in [5.74, 6) is 0.138. The zero-order valence-electron chi connectivity index (χ0n) is 10.5. The molecule has 2 rings (SSSR count). The van der Waals surface area contributed by atoms with Gasteiger partial charge in [0.15, 0.2) is 5.75 Å². The number of amides is 1. The first kappa shape index (κ1) is 14.5.